The van der Waals surface area contributed by atoms with Crippen LogP contribution in [0, 0.1) is 13.8 Å². The third kappa shape index (κ3) is 3.55. The van der Waals surface area contributed by atoms with Crippen LogP contribution in [-0.2, 0) is 9.59 Å². The van der Waals surface area contributed by atoms with Gasteiger partial charge in [-0.25, -0.2) is 0 Å². The van der Waals surface area contributed by atoms with Gasteiger partial charge in [-0.1, -0.05) is 18.2 Å². The smallest absolute Gasteiger partial charge is 0.241 e. The lowest BCUT2D eigenvalue weighted by molar-refractivity contribution is -0.136. The van der Waals surface area contributed by atoms with E-state index in [1.807, 2.05) is 15.9 Å². The maximum atomic E-state index is 12.6. The summed E-state index contributed by atoms with van der Waals surface area (Å²) < 4.78 is 0. The lowest BCUT2D eigenvalue weighted by atomic mass is 10.0. The molecule has 1 atom stereocenters. The number of aryl methyl sites for hydroxylation is 2. The van der Waals surface area contributed by atoms with Crippen LogP contribution in [0.1, 0.15) is 36.8 Å². The number of nitrogens with zero attached hydrogens (tertiary/aromatic N) is 2. The molecule has 0 radical (unpaired) electrons. The molecule has 2 aliphatic rings. The van der Waals surface area contributed by atoms with Gasteiger partial charge in [0.25, 0.3) is 0 Å². The second kappa shape index (κ2) is 7.24. The lowest BCUT2D eigenvalue weighted by Gasteiger charge is -2.37. The van der Waals surface area contributed by atoms with Crippen LogP contribution >= 0.6 is 0 Å². The number of para-hydroxylation sites is 1. The van der Waals surface area contributed by atoms with E-state index in [0.717, 1.165) is 49.2 Å². The van der Waals surface area contributed by atoms with Gasteiger partial charge in [0.1, 0.15) is 0 Å². The van der Waals surface area contributed by atoms with Crippen LogP contribution < -0.4 is 5.32 Å². The molecule has 3 rings (SSSR count). The predicted molar refractivity (Wildman–Crippen MR) is 95.0 cm³/mol. The number of rotatable bonds is 4. The van der Waals surface area contributed by atoms with Crippen molar-refractivity contribution in [2.45, 2.75) is 45.6 Å². The molecule has 1 aromatic rings. The molecule has 2 heterocycles. The second-order valence-corrected chi connectivity index (χ2v) is 6.95. The van der Waals surface area contributed by atoms with Crippen LogP contribution in [0.15, 0.2) is 18.2 Å². The Morgan fingerprint density at radius 3 is 2.62 bits per heavy atom. The molecule has 1 unspecified atom stereocenters. The van der Waals surface area contributed by atoms with Gasteiger partial charge in [-0.05, 0) is 44.2 Å². The molecule has 0 bridgehead atoms. The highest BCUT2D eigenvalue weighted by Crippen LogP contribution is 2.22. The summed E-state index contributed by atoms with van der Waals surface area (Å²) >= 11 is 0. The molecule has 2 fully saturated rings. The second-order valence-electron chi connectivity index (χ2n) is 6.95. The number of carbonyl (C=O) groups is 2. The van der Waals surface area contributed by atoms with E-state index in [2.05, 4.69) is 31.3 Å². The Balaban J connectivity index is 1.57. The molecular weight excluding hydrogens is 302 g/mol. The van der Waals surface area contributed by atoms with Crippen LogP contribution in [0.4, 0.5) is 5.69 Å². The quantitative estimate of drug-likeness (QED) is 0.922. The molecule has 2 amide bonds. The number of amides is 2. The monoisotopic (exact) mass is 329 g/mol. The first kappa shape index (κ1) is 16.8. The normalized spacial score (nSPS) is 21.2. The summed E-state index contributed by atoms with van der Waals surface area (Å²) in [6.07, 6.45) is 3.61. The first-order chi connectivity index (χ1) is 11.6. The maximum absolute atomic E-state index is 12.6. The number of piperidine rings is 1. The topological polar surface area (TPSA) is 52.7 Å². The highest BCUT2D eigenvalue weighted by molar-refractivity contribution is 5.82. The highest BCUT2D eigenvalue weighted by Gasteiger charge is 2.32. The van der Waals surface area contributed by atoms with Crippen molar-refractivity contribution >= 4 is 17.5 Å². The zero-order valence-electron chi connectivity index (χ0n) is 14.7. The van der Waals surface area contributed by atoms with E-state index in [4.69, 9.17) is 0 Å². The van der Waals surface area contributed by atoms with Crippen LogP contribution in [0.5, 0.6) is 0 Å². The molecule has 0 aliphatic carbocycles. The minimum Gasteiger partial charge on any atom is -0.376 e. The van der Waals surface area contributed by atoms with Crippen LogP contribution in [0.2, 0.25) is 0 Å². The number of benzene rings is 1. The molecule has 1 aromatic carbocycles. The number of carbonyl (C=O) groups excluding carboxylic acids is 2. The standard InChI is InChI=1S/C19H27N3O2/c1-14-6-3-7-15(2)19(14)20-12-18(24)21-10-4-8-16(13-21)22-11-5-9-17(22)23/h3,6-7,16,20H,4-5,8-13H2,1-2H3. The zero-order chi connectivity index (χ0) is 17.1. The summed E-state index contributed by atoms with van der Waals surface area (Å²) in [5, 5.41) is 3.30. The summed E-state index contributed by atoms with van der Waals surface area (Å²) in [7, 11) is 0. The molecule has 2 aliphatic heterocycles. The van der Waals surface area contributed by atoms with E-state index < -0.39 is 0 Å². The van der Waals surface area contributed by atoms with E-state index in [1.54, 1.807) is 0 Å². The molecule has 5 heteroatoms. The van der Waals surface area contributed by atoms with Crippen LogP contribution in [-0.4, -0.2) is 53.8 Å². The molecule has 5 nitrogen and oxygen atoms in total. The lowest BCUT2D eigenvalue weighted by Crippen LogP contribution is -2.51. The first-order valence-corrected chi connectivity index (χ1v) is 8.93. The molecule has 0 aromatic heterocycles. The van der Waals surface area contributed by atoms with Gasteiger partial charge >= 0.3 is 0 Å². The first-order valence-electron chi connectivity index (χ1n) is 8.93. The van der Waals surface area contributed by atoms with E-state index in [0.29, 0.717) is 19.5 Å². The fraction of sp³-hybridized carbons (Fsp3) is 0.579. The molecule has 1 N–H and O–H groups in total. The van der Waals surface area contributed by atoms with Crippen LogP contribution in [0.25, 0.3) is 0 Å². The van der Waals surface area contributed by atoms with E-state index >= 15 is 0 Å². The summed E-state index contributed by atoms with van der Waals surface area (Å²) in [6.45, 7) is 6.74. The molecule has 0 spiro atoms. The minimum atomic E-state index is 0.119. The summed E-state index contributed by atoms with van der Waals surface area (Å²) in [4.78, 5) is 28.4. The van der Waals surface area contributed by atoms with Gasteiger partial charge in [0, 0.05) is 37.8 Å². The number of anilines is 1. The van der Waals surface area contributed by atoms with Crippen molar-refractivity contribution in [2.24, 2.45) is 0 Å². The van der Waals surface area contributed by atoms with Crippen LogP contribution in [0.3, 0.4) is 0 Å². The SMILES string of the molecule is Cc1cccc(C)c1NCC(=O)N1CCCC(N2CCCC2=O)C1. The van der Waals surface area contributed by atoms with Crippen molar-refractivity contribution in [3.8, 4) is 0 Å². The third-order valence-electron chi connectivity index (χ3n) is 5.20. The Bertz CT molecular complexity index is 609. The Morgan fingerprint density at radius 2 is 1.96 bits per heavy atom. The molecule has 2 saturated heterocycles. The van der Waals surface area contributed by atoms with Crippen molar-refractivity contribution in [3.63, 3.8) is 0 Å². The molecule has 130 valence electrons. The largest absolute Gasteiger partial charge is 0.376 e. The average Bonchev–Trinajstić information content (AvgIpc) is 3.00. The summed E-state index contributed by atoms with van der Waals surface area (Å²) in [5.41, 5.74) is 3.36. The predicted octanol–water partition coefficient (Wildman–Crippen LogP) is 2.33. The maximum Gasteiger partial charge on any atom is 0.241 e. The Hall–Kier alpha value is -2.04. The molecule has 24 heavy (non-hydrogen) atoms. The summed E-state index contributed by atoms with van der Waals surface area (Å²) in [6, 6.07) is 6.34. The van der Waals surface area contributed by atoms with E-state index in [-0.39, 0.29) is 17.9 Å². The highest BCUT2D eigenvalue weighted by atomic mass is 16.2. The third-order valence-corrected chi connectivity index (χ3v) is 5.20. The van der Waals surface area contributed by atoms with E-state index in [9.17, 15) is 9.59 Å². The molecular formula is C19H27N3O2. The van der Waals surface area contributed by atoms with Gasteiger partial charge in [0.2, 0.25) is 11.8 Å². The van der Waals surface area contributed by atoms with Crippen molar-refractivity contribution in [3.05, 3.63) is 29.3 Å². The molecule has 0 saturated carbocycles. The van der Waals surface area contributed by atoms with Crippen molar-refractivity contribution in [1.29, 1.82) is 0 Å². The van der Waals surface area contributed by atoms with Gasteiger partial charge < -0.3 is 15.1 Å². The zero-order valence-corrected chi connectivity index (χ0v) is 14.7. The van der Waals surface area contributed by atoms with Crippen molar-refractivity contribution < 1.29 is 9.59 Å². The minimum absolute atomic E-state index is 0.119. The Kier molecular flexibility index (Phi) is 5.07. The van der Waals surface area contributed by atoms with Gasteiger partial charge in [0.15, 0.2) is 0 Å². The van der Waals surface area contributed by atoms with E-state index in [1.165, 1.54) is 0 Å². The van der Waals surface area contributed by atoms with Gasteiger partial charge in [-0.15, -0.1) is 0 Å². The number of hydrogen-bond acceptors (Lipinski definition) is 3. The number of likely N-dealkylation sites (tertiary alicyclic amines) is 2. The van der Waals surface area contributed by atoms with Gasteiger partial charge in [-0.2, -0.15) is 0 Å². The van der Waals surface area contributed by atoms with Crippen molar-refractivity contribution in [1.82, 2.24) is 9.80 Å². The summed E-state index contributed by atoms with van der Waals surface area (Å²) in [5.74, 6) is 0.372. The van der Waals surface area contributed by atoms with Gasteiger partial charge in [-0.3, -0.25) is 9.59 Å². The number of nitrogens with one attached hydrogen (secondary N) is 1. The number of hydrogen-bond donors (Lipinski definition) is 1. The van der Waals surface area contributed by atoms with Crippen molar-refractivity contribution in [2.75, 3.05) is 31.5 Å². The fourth-order valence-electron chi connectivity index (χ4n) is 3.86. The van der Waals surface area contributed by atoms with Gasteiger partial charge in [0.05, 0.1) is 6.54 Å². The fourth-order valence-corrected chi connectivity index (χ4v) is 3.86. The average molecular weight is 329 g/mol. The Morgan fingerprint density at radius 1 is 1.21 bits per heavy atom. The Labute approximate surface area is 144 Å².